The summed E-state index contributed by atoms with van der Waals surface area (Å²) >= 11 is 10.5. The largest absolute Gasteiger partial charge is 0.465 e. The zero-order valence-corrected chi connectivity index (χ0v) is 13.4. The molecule has 0 aliphatic carbocycles. The molecule has 1 aromatic carbocycles. The van der Waals surface area contributed by atoms with Crippen molar-refractivity contribution in [3.8, 4) is 0 Å². The number of amides is 1. The van der Waals surface area contributed by atoms with Gasteiger partial charge in [0.2, 0.25) is 0 Å². The Labute approximate surface area is 132 Å². The highest BCUT2D eigenvalue weighted by molar-refractivity contribution is 9.10. The van der Waals surface area contributed by atoms with Gasteiger partial charge in [-0.25, -0.2) is 4.79 Å². The molecular formula is C13H9BrClNO3S. The molecule has 1 N–H and O–H groups in total. The Morgan fingerprint density at radius 1 is 1.35 bits per heavy atom. The Morgan fingerprint density at radius 2 is 2.10 bits per heavy atom. The molecule has 0 saturated carbocycles. The highest BCUT2D eigenvalue weighted by atomic mass is 79.9. The minimum Gasteiger partial charge on any atom is -0.465 e. The third kappa shape index (κ3) is 3.20. The van der Waals surface area contributed by atoms with Gasteiger partial charge in [-0.15, -0.1) is 11.3 Å². The van der Waals surface area contributed by atoms with Gasteiger partial charge in [-0.3, -0.25) is 4.79 Å². The fourth-order valence-corrected chi connectivity index (χ4v) is 3.05. The van der Waals surface area contributed by atoms with E-state index in [1.807, 2.05) is 0 Å². The maximum atomic E-state index is 12.1. The average molecular weight is 375 g/mol. The summed E-state index contributed by atoms with van der Waals surface area (Å²) in [5.41, 5.74) is 0.739. The molecule has 0 aliphatic heterocycles. The van der Waals surface area contributed by atoms with Gasteiger partial charge >= 0.3 is 5.97 Å². The maximum Gasteiger partial charge on any atom is 0.350 e. The van der Waals surface area contributed by atoms with Gasteiger partial charge in [0.1, 0.15) is 4.88 Å². The normalized spacial score (nSPS) is 10.2. The molecule has 0 radical (unpaired) electrons. The van der Waals surface area contributed by atoms with E-state index in [4.69, 9.17) is 11.6 Å². The lowest BCUT2D eigenvalue weighted by Gasteiger charge is -2.07. The van der Waals surface area contributed by atoms with Crippen molar-refractivity contribution in [1.82, 2.24) is 0 Å². The number of hydrogen-bond acceptors (Lipinski definition) is 4. The number of carbonyl (C=O) groups is 2. The van der Waals surface area contributed by atoms with Crippen LogP contribution in [-0.4, -0.2) is 19.0 Å². The molecule has 0 saturated heterocycles. The van der Waals surface area contributed by atoms with Crippen LogP contribution in [0.3, 0.4) is 0 Å². The number of anilines is 1. The average Bonchev–Trinajstić information content (AvgIpc) is 2.85. The van der Waals surface area contributed by atoms with Gasteiger partial charge < -0.3 is 10.1 Å². The first-order valence-corrected chi connectivity index (χ1v) is 7.50. The number of methoxy groups -OCH3 is 1. The topological polar surface area (TPSA) is 55.4 Å². The minimum atomic E-state index is -0.489. The van der Waals surface area contributed by atoms with E-state index < -0.39 is 5.97 Å². The summed E-state index contributed by atoms with van der Waals surface area (Å²) in [6.45, 7) is 0. The third-order valence-electron chi connectivity index (χ3n) is 2.46. The number of rotatable bonds is 3. The van der Waals surface area contributed by atoms with Crippen LogP contribution in [-0.2, 0) is 4.74 Å². The Balaban J connectivity index is 2.24. The molecule has 1 heterocycles. The van der Waals surface area contributed by atoms with E-state index in [-0.39, 0.29) is 5.91 Å². The van der Waals surface area contributed by atoms with Crippen molar-refractivity contribution in [3.63, 3.8) is 0 Å². The van der Waals surface area contributed by atoms with Gasteiger partial charge in [0.15, 0.2) is 0 Å². The van der Waals surface area contributed by atoms with Crippen LogP contribution in [0.4, 0.5) is 5.69 Å². The van der Waals surface area contributed by atoms with Crippen LogP contribution in [0, 0.1) is 0 Å². The SMILES string of the molecule is COC(=O)c1sccc1NC(=O)c1ccc(Br)cc1Cl. The van der Waals surface area contributed by atoms with Crippen molar-refractivity contribution in [2.24, 2.45) is 0 Å². The van der Waals surface area contributed by atoms with Gasteiger partial charge in [0, 0.05) is 4.47 Å². The Hall–Kier alpha value is -1.37. The van der Waals surface area contributed by atoms with Crippen LogP contribution in [0.25, 0.3) is 0 Å². The molecule has 0 spiro atoms. The molecule has 20 heavy (non-hydrogen) atoms. The first kappa shape index (κ1) is 15.0. The van der Waals surface area contributed by atoms with Crippen molar-refractivity contribution in [1.29, 1.82) is 0 Å². The van der Waals surface area contributed by atoms with E-state index in [1.54, 1.807) is 29.6 Å². The molecular weight excluding hydrogens is 366 g/mol. The second kappa shape index (κ2) is 6.39. The monoisotopic (exact) mass is 373 g/mol. The van der Waals surface area contributed by atoms with E-state index in [9.17, 15) is 9.59 Å². The zero-order valence-electron chi connectivity index (χ0n) is 10.3. The molecule has 0 atom stereocenters. The van der Waals surface area contributed by atoms with Gasteiger partial charge in [0.25, 0.3) is 5.91 Å². The number of esters is 1. The number of ether oxygens (including phenoxy) is 1. The summed E-state index contributed by atoms with van der Waals surface area (Å²) in [6, 6.07) is 6.59. The van der Waals surface area contributed by atoms with Gasteiger partial charge in [-0.2, -0.15) is 0 Å². The molecule has 0 fully saturated rings. The number of halogens is 2. The quantitative estimate of drug-likeness (QED) is 0.819. The van der Waals surface area contributed by atoms with E-state index in [0.29, 0.717) is 21.2 Å². The van der Waals surface area contributed by atoms with Crippen LogP contribution < -0.4 is 5.32 Å². The van der Waals surface area contributed by atoms with Crippen molar-refractivity contribution in [3.05, 3.63) is 49.6 Å². The van der Waals surface area contributed by atoms with Crippen molar-refractivity contribution < 1.29 is 14.3 Å². The van der Waals surface area contributed by atoms with Crippen molar-refractivity contribution in [2.75, 3.05) is 12.4 Å². The first-order chi connectivity index (χ1) is 9.52. The lowest BCUT2D eigenvalue weighted by atomic mass is 10.2. The van der Waals surface area contributed by atoms with Crippen LogP contribution in [0.15, 0.2) is 34.1 Å². The van der Waals surface area contributed by atoms with E-state index in [2.05, 4.69) is 26.0 Å². The molecule has 0 unspecified atom stereocenters. The lowest BCUT2D eigenvalue weighted by molar-refractivity contribution is 0.0607. The second-order valence-electron chi connectivity index (χ2n) is 3.73. The number of thiophene rings is 1. The highest BCUT2D eigenvalue weighted by Gasteiger charge is 2.17. The van der Waals surface area contributed by atoms with E-state index >= 15 is 0 Å². The molecule has 2 rings (SSSR count). The summed E-state index contributed by atoms with van der Waals surface area (Å²) in [5, 5.41) is 4.68. The predicted octanol–water partition coefficient (Wildman–Crippen LogP) is 4.20. The minimum absolute atomic E-state index is 0.326. The summed E-state index contributed by atoms with van der Waals surface area (Å²) in [4.78, 5) is 24.0. The van der Waals surface area contributed by atoms with E-state index in [1.165, 1.54) is 18.4 Å². The molecule has 2 aromatic rings. The molecule has 0 aliphatic rings. The Morgan fingerprint density at radius 3 is 2.75 bits per heavy atom. The number of nitrogens with one attached hydrogen (secondary N) is 1. The van der Waals surface area contributed by atoms with Gasteiger partial charge in [-0.05, 0) is 29.6 Å². The predicted molar refractivity (Wildman–Crippen MR) is 82.8 cm³/mol. The molecule has 1 aromatic heterocycles. The zero-order chi connectivity index (χ0) is 14.7. The number of carbonyl (C=O) groups excluding carboxylic acids is 2. The summed E-state index contributed by atoms with van der Waals surface area (Å²) in [6.07, 6.45) is 0. The van der Waals surface area contributed by atoms with Gasteiger partial charge in [0.05, 0.1) is 23.4 Å². The van der Waals surface area contributed by atoms with Gasteiger partial charge in [-0.1, -0.05) is 27.5 Å². The van der Waals surface area contributed by atoms with Crippen LogP contribution in [0.5, 0.6) is 0 Å². The Bertz CT molecular complexity index is 671. The number of benzene rings is 1. The molecule has 104 valence electrons. The lowest BCUT2D eigenvalue weighted by Crippen LogP contribution is -2.14. The molecule has 0 bridgehead atoms. The Kier molecular flexibility index (Phi) is 4.80. The molecule has 7 heteroatoms. The maximum absolute atomic E-state index is 12.1. The van der Waals surface area contributed by atoms with Crippen LogP contribution in [0.1, 0.15) is 20.0 Å². The third-order valence-corrected chi connectivity index (χ3v) is 4.16. The fraction of sp³-hybridized carbons (Fsp3) is 0.0769. The van der Waals surface area contributed by atoms with Crippen LogP contribution >= 0.6 is 38.9 Å². The smallest absolute Gasteiger partial charge is 0.350 e. The molecule has 4 nitrogen and oxygen atoms in total. The van der Waals surface area contributed by atoms with E-state index in [0.717, 1.165) is 4.47 Å². The second-order valence-corrected chi connectivity index (χ2v) is 5.97. The van der Waals surface area contributed by atoms with Crippen molar-refractivity contribution >= 4 is 56.4 Å². The molecule has 1 amide bonds. The number of hydrogen-bond donors (Lipinski definition) is 1. The van der Waals surface area contributed by atoms with Crippen LogP contribution in [0.2, 0.25) is 5.02 Å². The summed E-state index contributed by atoms with van der Waals surface area (Å²) in [5.74, 6) is -0.872. The summed E-state index contributed by atoms with van der Waals surface area (Å²) in [7, 11) is 1.29. The summed E-state index contributed by atoms with van der Waals surface area (Å²) < 4.78 is 5.43. The van der Waals surface area contributed by atoms with Crippen molar-refractivity contribution in [2.45, 2.75) is 0 Å². The first-order valence-electron chi connectivity index (χ1n) is 5.45. The standard InChI is InChI=1S/C13H9BrClNO3S/c1-19-13(18)11-10(4-5-20-11)16-12(17)8-3-2-7(14)6-9(8)15/h2-6H,1H3,(H,16,17). The fourth-order valence-electron chi connectivity index (χ4n) is 1.52. The highest BCUT2D eigenvalue weighted by Crippen LogP contribution is 2.26.